The van der Waals surface area contributed by atoms with Crippen LogP contribution in [0.1, 0.15) is 30.2 Å². The Morgan fingerprint density at radius 1 is 1.00 bits per heavy atom. The van der Waals surface area contributed by atoms with Crippen LogP contribution >= 0.6 is 0 Å². The van der Waals surface area contributed by atoms with Crippen molar-refractivity contribution in [1.29, 1.82) is 0 Å². The van der Waals surface area contributed by atoms with Crippen molar-refractivity contribution in [2.45, 2.75) is 19.1 Å². The van der Waals surface area contributed by atoms with Crippen LogP contribution in [0, 0.1) is 23.3 Å². The molecule has 0 saturated carbocycles. The molecule has 2 unspecified atom stereocenters. The molecule has 22 heavy (non-hydrogen) atoms. The van der Waals surface area contributed by atoms with Crippen LogP contribution in [0.2, 0.25) is 0 Å². The van der Waals surface area contributed by atoms with Crippen molar-refractivity contribution >= 4 is 0 Å². The van der Waals surface area contributed by atoms with Crippen LogP contribution in [-0.4, -0.2) is 11.7 Å². The molecule has 6 heteroatoms. The van der Waals surface area contributed by atoms with E-state index >= 15 is 0 Å². The van der Waals surface area contributed by atoms with Gasteiger partial charge in [-0.25, -0.2) is 17.6 Å². The molecule has 0 saturated heterocycles. The smallest absolute Gasteiger partial charge is 0.131 e. The summed E-state index contributed by atoms with van der Waals surface area (Å²) in [5.41, 5.74) is -0.246. The second-order valence-electron chi connectivity index (χ2n) is 4.95. The first-order valence-corrected chi connectivity index (χ1v) is 6.70. The lowest BCUT2D eigenvalue weighted by atomic mass is 10.1. The maximum atomic E-state index is 13.6. The molecule has 0 aromatic heterocycles. The molecule has 0 radical (unpaired) electrons. The van der Waals surface area contributed by atoms with Gasteiger partial charge in [0, 0.05) is 24.2 Å². The molecule has 0 fully saturated rings. The highest BCUT2D eigenvalue weighted by molar-refractivity contribution is 5.24. The van der Waals surface area contributed by atoms with Gasteiger partial charge in [0.25, 0.3) is 0 Å². The van der Waals surface area contributed by atoms with Gasteiger partial charge in [-0.05, 0) is 25.1 Å². The van der Waals surface area contributed by atoms with E-state index < -0.39 is 41.0 Å². The lowest BCUT2D eigenvalue weighted by Gasteiger charge is -2.19. The molecule has 2 aromatic carbocycles. The van der Waals surface area contributed by atoms with E-state index in [0.717, 1.165) is 24.3 Å². The number of nitrogens with one attached hydrogen (secondary N) is 1. The molecular weight excluding hydrogens is 298 g/mol. The minimum absolute atomic E-state index is 0.185. The highest BCUT2D eigenvalue weighted by Crippen LogP contribution is 2.22. The summed E-state index contributed by atoms with van der Waals surface area (Å²) < 4.78 is 53.5. The summed E-state index contributed by atoms with van der Waals surface area (Å²) >= 11 is 0. The van der Waals surface area contributed by atoms with Crippen molar-refractivity contribution in [2.24, 2.45) is 0 Å². The summed E-state index contributed by atoms with van der Waals surface area (Å²) in [6.07, 6.45) is -1.42. The van der Waals surface area contributed by atoms with Crippen LogP contribution in [-0.2, 0) is 0 Å². The van der Waals surface area contributed by atoms with Gasteiger partial charge >= 0.3 is 0 Å². The summed E-state index contributed by atoms with van der Waals surface area (Å²) in [5.74, 6) is -3.13. The van der Waals surface area contributed by atoms with E-state index in [0.29, 0.717) is 0 Å². The Balaban J connectivity index is 2.06. The molecule has 118 valence electrons. The summed E-state index contributed by atoms with van der Waals surface area (Å²) in [6, 6.07) is 5.87. The zero-order valence-corrected chi connectivity index (χ0v) is 11.8. The Labute approximate surface area is 125 Å². The molecule has 0 aliphatic rings. The van der Waals surface area contributed by atoms with Gasteiger partial charge in [0.2, 0.25) is 0 Å². The van der Waals surface area contributed by atoms with E-state index in [1.54, 1.807) is 6.92 Å². The second-order valence-corrected chi connectivity index (χ2v) is 4.95. The van der Waals surface area contributed by atoms with Gasteiger partial charge in [-0.1, -0.05) is 12.1 Å². The van der Waals surface area contributed by atoms with Crippen LogP contribution in [0.25, 0.3) is 0 Å². The van der Waals surface area contributed by atoms with E-state index in [2.05, 4.69) is 5.32 Å². The van der Waals surface area contributed by atoms with Gasteiger partial charge in [0.15, 0.2) is 0 Å². The van der Waals surface area contributed by atoms with E-state index in [1.807, 2.05) is 0 Å². The quantitative estimate of drug-likeness (QED) is 0.826. The van der Waals surface area contributed by atoms with Crippen molar-refractivity contribution in [3.8, 4) is 0 Å². The summed E-state index contributed by atoms with van der Waals surface area (Å²) in [4.78, 5) is 0. The molecule has 0 aliphatic carbocycles. The van der Waals surface area contributed by atoms with Crippen molar-refractivity contribution in [1.82, 2.24) is 5.32 Å². The van der Waals surface area contributed by atoms with E-state index in [9.17, 15) is 22.7 Å². The SMILES string of the molecule is CC(NCC(O)c1c(F)cccc1F)c1ccc(F)cc1F. The van der Waals surface area contributed by atoms with Crippen molar-refractivity contribution in [2.75, 3.05) is 6.54 Å². The molecule has 2 N–H and O–H groups in total. The number of hydrogen-bond acceptors (Lipinski definition) is 2. The number of rotatable bonds is 5. The minimum atomic E-state index is -1.42. The van der Waals surface area contributed by atoms with Crippen LogP contribution in [0.3, 0.4) is 0 Å². The van der Waals surface area contributed by atoms with Gasteiger partial charge < -0.3 is 10.4 Å². The molecule has 0 spiro atoms. The Bertz CT molecular complexity index is 642. The predicted molar refractivity (Wildman–Crippen MR) is 74.1 cm³/mol. The molecule has 0 bridgehead atoms. The zero-order chi connectivity index (χ0) is 16.3. The van der Waals surface area contributed by atoms with Crippen molar-refractivity contribution in [3.05, 3.63) is 70.8 Å². The number of aliphatic hydroxyl groups excluding tert-OH is 1. The monoisotopic (exact) mass is 313 g/mol. The maximum absolute atomic E-state index is 13.6. The van der Waals surface area contributed by atoms with Gasteiger partial charge in [-0.3, -0.25) is 0 Å². The number of benzene rings is 2. The first kappa shape index (κ1) is 16.5. The molecule has 0 heterocycles. The third-order valence-corrected chi connectivity index (χ3v) is 3.38. The standard InChI is InChI=1S/C16H15F4NO/c1-9(11-6-5-10(17)7-14(11)20)21-8-15(22)16-12(18)3-2-4-13(16)19/h2-7,9,15,21-22H,8H2,1H3. The van der Waals surface area contributed by atoms with Crippen LogP contribution in [0.5, 0.6) is 0 Å². The lowest BCUT2D eigenvalue weighted by molar-refractivity contribution is 0.161. The zero-order valence-electron chi connectivity index (χ0n) is 11.8. The number of aliphatic hydroxyl groups is 1. The molecule has 2 aromatic rings. The topological polar surface area (TPSA) is 32.3 Å². The average molecular weight is 313 g/mol. The third-order valence-electron chi connectivity index (χ3n) is 3.38. The Kier molecular flexibility index (Phi) is 5.15. The largest absolute Gasteiger partial charge is 0.387 e. The number of halogens is 4. The maximum Gasteiger partial charge on any atom is 0.131 e. The molecule has 2 rings (SSSR count). The van der Waals surface area contributed by atoms with Gasteiger partial charge in [-0.15, -0.1) is 0 Å². The summed E-state index contributed by atoms with van der Waals surface area (Å²) in [7, 11) is 0. The molecule has 0 amide bonds. The first-order chi connectivity index (χ1) is 10.4. The molecule has 0 aliphatic heterocycles. The highest BCUT2D eigenvalue weighted by Gasteiger charge is 2.19. The fraction of sp³-hybridized carbons (Fsp3) is 0.250. The first-order valence-electron chi connectivity index (χ1n) is 6.70. The predicted octanol–water partition coefficient (Wildman–Crippen LogP) is 3.63. The number of hydrogen-bond donors (Lipinski definition) is 2. The molecular formula is C16H15F4NO. The Morgan fingerprint density at radius 3 is 2.23 bits per heavy atom. The molecule has 2 nitrogen and oxygen atoms in total. The van der Waals surface area contributed by atoms with E-state index in [1.165, 1.54) is 12.1 Å². The van der Waals surface area contributed by atoms with Crippen molar-refractivity contribution < 1.29 is 22.7 Å². The van der Waals surface area contributed by atoms with E-state index in [-0.39, 0.29) is 12.1 Å². The van der Waals surface area contributed by atoms with Gasteiger partial charge in [0.05, 0.1) is 11.7 Å². The lowest BCUT2D eigenvalue weighted by Crippen LogP contribution is -2.26. The average Bonchev–Trinajstić information content (AvgIpc) is 2.44. The van der Waals surface area contributed by atoms with Gasteiger partial charge in [-0.2, -0.15) is 0 Å². The van der Waals surface area contributed by atoms with E-state index in [4.69, 9.17) is 0 Å². The second kappa shape index (κ2) is 6.89. The van der Waals surface area contributed by atoms with Crippen LogP contribution in [0.4, 0.5) is 17.6 Å². The third kappa shape index (κ3) is 3.64. The fourth-order valence-electron chi connectivity index (χ4n) is 2.18. The minimum Gasteiger partial charge on any atom is -0.387 e. The fourth-order valence-corrected chi connectivity index (χ4v) is 2.18. The Morgan fingerprint density at radius 2 is 1.64 bits per heavy atom. The summed E-state index contributed by atoms with van der Waals surface area (Å²) in [5, 5.41) is 12.7. The van der Waals surface area contributed by atoms with Gasteiger partial charge in [0.1, 0.15) is 23.3 Å². The van der Waals surface area contributed by atoms with Crippen LogP contribution < -0.4 is 5.32 Å². The summed E-state index contributed by atoms with van der Waals surface area (Å²) in [6.45, 7) is 1.41. The highest BCUT2D eigenvalue weighted by atomic mass is 19.1. The Hall–Kier alpha value is -1.92. The van der Waals surface area contributed by atoms with Crippen molar-refractivity contribution in [3.63, 3.8) is 0 Å². The normalized spacial score (nSPS) is 13.9. The molecule has 2 atom stereocenters. The van der Waals surface area contributed by atoms with Crippen LogP contribution in [0.15, 0.2) is 36.4 Å².